The van der Waals surface area contributed by atoms with Gasteiger partial charge in [0.1, 0.15) is 5.82 Å². The van der Waals surface area contributed by atoms with Gasteiger partial charge in [0.15, 0.2) is 0 Å². The molecule has 2 aliphatic heterocycles. The Morgan fingerprint density at radius 1 is 1.20 bits per heavy atom. The lowest BCUT2D eigenvalue weighted by molar-refractivity contribution is -0.137. The highest BCUT2D eigenvalue weighted by Crippen LogP contribution is 2.46. The molecule has 0 aromatic heterocycles. The van der Waals surface area contributed by atoms with E-state index in [4.69, 9.17) is 10.00 Å². The molecular weight excluding hydrogens is 462 g/mol. The van der Waals surface area contributed by atoms with Crippen LogP contribution in [0.25, 0.3) is 0 Å². The number of benzene rings is 2. The van der Waals surface area contributed by atoms with Crippen molar-refractivity contribution in [3.63, 3.8) is 0 Å². The third-order valence-electron chi connectivity index (χ3n) is 7.33. The van der Waals surface area contributed by atoms with Crippen molar-refractivity contribution in [2.45, 2.75) is 25.4 Å². The number of ether oxygens (including phenoxy) is 1. The number of piperidine rings is 1. The van der Waals surface area contributed by atoms with Gasteiger partial charge in [-0.25, -0.2) is 4.39 Å². The minimum Gasteiger partial charge on any atom is -0.384 e. The fourth-order valence-corrected chi connectivity index (χ4v) is 5.43. The average molecular weight is 490 g/mol. The number of rotatable bonds is 5. The number of alkyl halides is 3. The molecule has 35 heavy (non-hydrogen) atoms. The molecule has 2 fully saturated rings. The first-order valence-electron chi connectivity index (χ1n) is 11.5. The van der Waals surface area contributed by atoms with Gasteiger partial charge in [0.25, 0.3) is 0 Å². The minimum atomic E-state index is -4.60. The Morgan fingerprint density at radius 3 is 2.57 bits per heavy atom. The number of hydrogen-bond acceptors (Lipinski definition) is 4. The summed E-state index contributed by atoms with van der Waals surface area (Å²) in [5.74, 6) is -0.343. The monoisotopic (exact) mass is 489 g/mol. The van der Waals surface area contributed by atoms with E-state index in [9.17, 15) is 22.4 Å². The second-order valence-electron chi connectivity index (χ2n) is 9.42. The molecular formula is C26H27F4N3O2. The van der Waals surface area contributed by atoms with Crippen LogP contribution in [-0.4, -0.2) is 50.7 Å². The van der Waals surface area contributed by atoms with Crippen LogP contribution in [0.4, 0.5) is 23.2 Å². The first-order chi connectivity index (χ1) is 16.6. The second kappa shape index (κ2) is 9.86. The maximum Gasteiger partial charge on any atom is 0.417 e. The molecule has 2 heterocycles. The second-order valence-corrected chi connectivity index (χ2v) is 9.42. The molecule has 9 heteroatoms. The quantitative estimate of drug-likeness (QED) is 0.574. The summed E-state index contributed by atoms with van der Waals surface area (Å²) in [7, 11) is 1.62. The molecule has 1 unspecified atom stereocenters. The summed E-state index contributed by atoms with van der Waals surface area (Å²) in [4.78, 5) is 16.7. The third kappa shape index (κ3) is 5.27. The molecule has 2 aromatic rings. The normalized spacial score (nSPS) is 19.7. The van der Waals surface area contributed by atoms with E-state index in [1.807, 2.05) is 9.80 Å². The maximum atomic E-state index is 13.5. The number of nitrogens with zero attached hydrogens (tertiary/aromatic N) is 3. The standard InChI is InChI=1S/C26H27F4N3O2/c1-35-16-20-15-33(24(34)12-18-3-2-4-21(27)11-18)17-25(20)7-9-32(10-8-25)22-6-5-19(14-31)23(13-22)26(28,29)30/h2-6,11,13,20H,7-10,12,15-17H2,1H3. The minimum absolute atomic E-state index is 0.0714. The van der Waals surface area contributed by atoms with E-state index in [0.717, 1.165) is 6.07 Å². The summed E-state index contributed by atoms with van der Waals surface area (Å²) < 4.78 is 59.2. The lowest BCUT2D eigenvalue weighted by Gasteiger charge is -2.43. The van der Waals surface area contributed by atoms with E-state index < -0.39 is 17.3 Å². The van der Waals surface area contributed by atoms with Crippen LogP contribution >= 0.6 is 0 Å². The Morgan fingerprint density at radius 2 is 1.94 bits per heavy atom. The van der Waals surface area contributed by atoms with Gasteiger partial charge < -0.3 is 14.5 Å². The molecule has 1 atom stereocenters. The van der Waals surface area contributed by atoms with Gasteiger partial charge >= 0.3 is 6.18 Å². The van der Waals surface area contributed by atoms with Crippen molar-refractivity contribution in [1.82, 2.24) is 4.90 Å². The van der Waals surface area contributed by atoms with Gasteiger partial charge in [0.05, 0.1) is 30.2 Å². The SMILES string of the molecule is COCC1CN(C(=O)Cc2cccc(F)c2)CC12CCN(c1ccc(C#N)c(C(F)(F)F)c1)CC2. The average Bonchev–Trinajstić information content (AvgIpc) is 3.16. The predicted octanol–water partition coefficient (Wildman–Crippen LogP) is 4.65. The topological polar surface area (TPSA) is 56.6 Å². The Hall–Kier alpha value is -3.12. The third-order valence-corrected chi connectivity index (χ3v) is 7.33. The van der Waals surface area contributed by atoms with E-state index in [-0.39, 0.29) is 29.5 Å². The van der Waals surface area contributed by atoms with E-state index in [0.29, 0.717) is 56.9 Å². The highest BCUT2D eigenvalue weighted by atomic mass is 19.4. The van der Waals surface area contributed by atoms with Gasteiger partial charge in [-0.15, -0.1) is 0 Å². The van der Waals surface area contributed by atoms with Crippen molar-refractivity contribution in [2.24, 2.45) is 11.3 Å². The number of hydrogen-bond donors (Lipinski definition) is 0. The Kier molecular flexibility index (Phi) is 7.04. The zero-order chi connectivity index (χ0) is 25.2. The largest absolute Gasteiger partial charge is 0.417 e. The number of nitriles is 1. The van der Waals surface area contributed by atoms with Crippen LogP contribution < -0.4 is 4.90 Å². The fraction of sp³-hybridized carbons (Fsp3) is 0.462. The van der Waals surface area contributed by atoms with Crippen LogP contribution in [0.15, 0.2) is 42.5 Å². The molecule has 2 aliphatic rings. The molecule has 0 radical (unpaired) electrons. The molecule has 5 nitrogen and oxygen atoms in total. The summed E-state index contributed by atoms with van der Waals surface area (Å²) in [5.41, 5.74) is -0.450. The first kappa shape index (κ1) is 25.0. The summed E-state index contributed by atoms with van der Waals surface area (Å²) in [5, 5.41) is 9.05. The van der Waals surface area contributed by atoms with Gasteiger partial charge in [-0.2, -0.15) is 18.4 Å². The van der Waals surface area contributed by atoms with Gasteiger partial charge in [0, 0.05) is 44.9 Å². The number of anilines is 1. The number of methoxy groups -OCH3 is 1. The maximum absolute atomic E-state index is 13.5. The summed E-state index contributed by atoms with van der Waals surface area (Å²) in [6.07, 6.45) is -3.08. The van der Waals surface area contributed by atoms with Crippen LogP contribution in [-0.2, 0) is 22.1 Å². The van der Waals surface area contributed by atoms with Crippen molar-refractivity contribution in [1.29, 1.82) is 5.26 Å². The van der Waals surface area contributed by atoms with E-state index in [2.05, 4.69) is 0 Å². The summed E-state index contributed by atoms with van der Waals surface area (Å²) >= 11 is 0. The van der Waals surface area contributed by atoms with Gasteiger partial charge in [-0.3, -0.25) is 4.79 Å². The van der Waals surface area contributed by atoms with Gasteiger partial charge in [-0.1, -0.05) is 12.1 Å². The van der Waals surface area contributed by atoms with E-state index in [1.54, 1.807) is 31.4 Å². The lowest BCUT2D eigenvalue weighted by Crippen LogP contribution is -2.45. The van der Waals surface area contributed by atoms with Crippen molar-refractivity contribution >= 4 is 11.6 Å². The zero-order valence-electron chi connectivity index (χ0n) is 19.4. The van der Waals surface area contributed by atoms with Crippen molar-refractivity contribution < 1.29 is 27.1 Å². The Labute approximate surface area is 201 Å². The van der Waals surface area contributed by atoms with E-state index >= 15 is 0 Å². The Bertz CT molecular complexity index is 1120. The molecule has 0 aliphatic carbocycles. The van der Waals surface area contributed by atoms with Crippen LogP contribution in [0.5, 0.6) is 0 Å². The smallest absolute Gasteiger partial charge is 0.384 e. The number of halogens is 4. The molecule has 0 bridgehead atoms. The number of carbonyl (C=O) groups excluding carboxylic acids is 1. The van der Waals surface area contributed by atoms with E-state index in [1.165, 1.54) is 18.2 Å². The summed E-state index contributed by atoms with van der Waals surface area (Å²) in [6.45, 7) is 2.64. The molecule has 0 saturated carbocycles. The highest BCUT2D eigenvalue weighted by molar-refractivity contribution is 5.79. The van der Waals surface area contributed by atoms with Gasteiger partial charge in [-0.05, 0) is 54.2 Å². The molecule has 1 amide bonds. The first-order valence-corrected chi connectivity index (χ1v) is 11.5. The highest BCUT2D eigenvalue weighted by Gasteiger charge is 2.49. The van der Waals surface area contributed by atoms with Crippen LogP contribution in [0.2, 0.25) is 0 Å². The number of carbonyl (C=O) groups is 1. The molecule has 0 N–H and O–H groups in total. The van der Waals surface area contributed by atoms with Crippen LogP contribution in [0.1, 0.15) is 29.5 Å². The Balaban J connectivity index is 1.47. The van der Waals surface area contributed by atoms with Crippen molar-refractivity contribution in [3.8, 4) is 6.07 Å². The van der Waals surface area contributed by atoms with Crippen LogP contribution in [0, 0.1) is 28.5 Å². The molecule has 4 rings (SSSR count). The van der Waals surface area contributed by atoms with Crippen LogP contribution in [0.3, 0.4) is 0 Å². The number of amides is 1. The molecule has 2 saturated heterocycles. The molecule has 1 spiro atoms. The number of likely N-dealkylation sites (tertiary alicyclic amines) is 1. The molecule has 2 aromatic carbocycles. The van der Waals surface area contributed by atoms with Crippen molar-refractivity contribution in [2.75, 3.05) is 44.8 Å². The fourth-order valence-electron chi connectivity index (χ4n) is 5.43. The van der Waals surface area contributed by atoms with Gasteiger partial charge in [0.2, 0.25) is 5.91 Å². The lowest BCUT2D eigenvalue weighted by atomic mass is 9.71. The van der Waals surface area contributed by atoms with Crippen molar-refractivity contribution in [3.05, 3.63) is 65.0 Å². The zero-order valence-corrected chi connectivity index (χ0v) is 19.4. The summed E-state index contributed by atoms with van der Waals surface area (Å²) in [6, 6.07) is 11.5. The predicted molar refractivity (Wildman–Crippen MR) is 122 cm³/mol. The molecule has 186 valence electrons.